The highest BCUT2D eigenvalue weighted by Gasteiger charge is 2.28. The molecule has 0 bridgehead atoms. The van der Waals surface area contributed by atoms with E-state index in [1.165, 1.54) is 50.6 Å². The number of halogens is 1. The van der Waals surface area contributed by atoms with E-state index in [1.807, 2.05) is 0 Å². The SMILES string of the molecule is CCNc1nc(C2CCC2)nc(C2CCCC2)c1Br. The number of rotatable bonds is 4. The number of nitrogens with one attached hydrogen (secondary N) is 1. The number of nitrogens with zero attached hydrogens (tertiary/aromatic N) is 2. The molecule has 0 unspecified atom stereocenters. The molecule has 0 saturated heterocycles. The van der Waals surface area contributed by atoms with Crippen LogP contribution in [-0.4, -0.2) is 16.5 Å². The number of hydrogen-bond acceptors (Lipinski definition) is 3. The van der Waals surface area contributed by atoms with Crippen LogP contribution in [-0.2, 0) is 0 Å². The van der Waals surface area contributed by atoms with Crippen molar-refractivity contribution in [2.45, 2.75) is 63.7 Å². The molecule has 0 radical (unpaired) electrons. The number of anilines is 1. The Morgan fingerprint density at radius 3 is 2.32 bits per heavy atom. The first-order valence-electron chi connectivity index (χ1n) is 7.60. The maximum Gasteiger partial charge on any atom is 0.144 e. The Morgan fingerprint density at radius 1 is 1.05 bits per heavy atom. The molecule has 2 aliphatic rings. The van der Waals surface area contributed by atoms with Crippen molar-refractivity contribution >= 4 is 21.7 Å². The van der Waals surface area contributed by atoms with Crippen LogP contribution in [0.15, 0.2) is 4.47 Å². The quantitative estimate of drug-likeness (QED) is 0.880. The van der Waals surface area contributed by atoms with Crippen LogP contribution in [0.1, 0.15) is 75.2 Å². The Morgan fingerprint density at radius 2 is 1.74 bits per heavy atom. The van der Waals surface area contributed by atoms with Gasteiger partial charge in [0.1, 0.15) is 11.6 Å². The topological polar surface area (TPSA) is 37.8 Å². The third kappa shape index (κ3) is 2.64. The van der Waals surface area contributed by atoms with Crippen molar-refractivity contribution in [3.63, 3.8) is 0 Å². The number of aromatic nitrogens is 2. The Balaban J connectivity index is 1.97. The molecule has 0 amide bonds. The fraction of sp³-hybridized carbons (Fsp3) is 0.733. The summed E-state index contributed by atoms with van der Waals surface area (Å²) in [7, 11) is 0. The van der Waals surface area contributed by atoms with Gasteiger partial charge in [-0.15, -0.1) is 0 Å². The minimum atomic E-state index is 0.602. The van der Waals surface area contributed by atoms with Crippen molar-refractivity contribution in [2.24, 2.45) is 0 Å². The lowest BCUT2D eigenvalue weighted by Gasteiger charge is -2.26. The molecular weight excluding hydrogens is 302 g/mol. The van der Waals surface area contributed by atoms with Gasteiger partial charge in [0.15, 0.2) is 0 Å². The Kier molecular flexibility index (Phi) is 4.06. The van der Waals surface area contributed by atoms with Crippen LogP contribution in [0.5, 0.6) is 0 Å². The van der Waals surface area contributed by atoms with Crippen LogP contribution in [0.4, 0.5) is 5.82 Å². The Bertz CT molecular complexity index is 451. The fourth-order valence-corrected chi connectivity index (χ4v) is 3.73. The van der Waals surface area contributed by atoms with Gasteiger partial charge in [-0.2, -0.15) is 0 Å². The van der Waals surface area contributed by atoms with Gasteiger partial charge in [-0.1, -0.05) is 19.3 Å². The van der Waals surface area contributed by atoms with Gasteiger partial charge in [0, 0.05) is 18.4 Å². The van der Waals surface area contributed by atoms with Crippen LogP contribution in [0.2, 0.25) is 0 Å². The highest BCUT2D eigenvalue weighted by atomic mass is 79.9. The first-order chi connectivity index (χ1) is 9.29. The van der Waals surface area contributed by atoms with E-state index in [0.717, 1.165) is 22.7 Å². The van der Waals surface area contributed by atoms with Crippen molar-refractivity contribution < 1.29 is 0 Å². The number of hydrogen-bond donors (Lipinski definition) is 1. The summed E-state index contributed by atoms with van der Waals surface area (Å²) in [5.74, 6) is 3.31. The van der Waals surface area contributed by atoms with Crippen molar-refractivity contribution in [2.75, 3.05) is 11.9 Å². The van der Waals surface area contributed by atoms with E-state index in [0.29, 0.717) is 11.8 Å². The Hall–Kier alpha value is -0.640. The first-order valence-corrected chi connectivity index (χ1v) is 8.40. The van der Waals surface area contributed by atoms with E-state index in [-0.39, 0.29) is 0 Å². The van der Waals surface area contributed by atoms with E-state index in [2.05, 4.69) is 28.2 Å². The lowest BCUT2D eigenvalue weighted by Crippen LogP contribution is -2.17. The second-order valence-electron chi connectivity index (χ2n) is 5.77. The summed E-state index contributed by atoms with van der Waals surface area (Å²) in [5.41, 5.74) is 1.25. The molecule has 1 aromatic heterocycles. The molecule has 0 spiro atoms. The molecule has 1 heterocycles. The molecule has 2 saturated carbocycles. The highest BCUT2D eigenvalue weighted by molar-refractivity contribution is 9.10. The second kappa shape index (κ2) is 5.78. The maximum atomic E-state index is 4.92. The average Bonchev–Trinajstić information content (AvgIpc) is 2.84. The molecule has 2 fully saturated rings. The van der Waals surface area contributed by atoms with Gasteiger partial charge in [-0.25, -0.2) is 9.97 Å². The first kappa shape index (κ1) is 13.3. The third-order valence-electron chi connectivity index (χ3n) is 4.45. The molecule has 3 nitrogen and oxygen atoms in total. The molecule has 2 aliphatic carbocycles. The molecule has 0 aliphatic heterocycles. The average molecular weight is 324 g/mol. The van der Waals surface area contributed by atoms with E-state index in [4.69, 9.17) is 9.97 Å². The third-order valence-corrected chi connectivity index (χ3v) is 5.23. The summed E-state index contributed by atoms with van der Waals surface area (Å²) < 4.78 is 1.10. The molecule has 1 N–H and O–H groups in total. The predicted molar refractivity (Wildman–Crippen MR) is 81.7 cm³/mol. The monoisotopic (exact) mass is 323 g/mol. The van der Waals surface area contributed by atoms with Gasteiger partial charge < -0.3 is 5.32 Å². The molecule has 104 valence electrons. The molecule has 3 rings (SSSR count). The van der Waals surface area contributed by atoms with Gasteiger partial charge in [0.2, 0.25) is 0 Å². The van der Waals surface area contributed by atoms with Crippen molar-refractivity contribution in [3.05, 3.63) is 16.0 Å². The van der Waals surface area contributed by atoms with Crippen LogP contribution < -0.4 is 5.32 Å². The van der Waals surface area contributed by atoms with Gasteiger partial charge in [-0.3, -0.25) is 0 Å². The summed E-state index contributed by atoms with van der Waals surface area (Å²) in [6.45, 7) is 3.02. The zero-order valence-corrected chi connectivity index (χ0v) is 13.2. The fourth-order valence-electron chi connectivity index (χ4n) is 3.09. The van der Waals surface area contributed by atoms with Crippen LogP contribution in [0.3, 0.4) is 0 Å². The molecular formula is C15H22BrN3. The van der Waals surface area contributed by atoms with E-state index in [9.17, 15) is 0 Å². The van der Waals surface area contributed by atoms with Crippen molar-refractivity contribution in [3.8, 4) is 0 Å². The predicted octanol–water partition coefficient (Wildman–Crippen LogP) is 4.60. The van der Waals surface area contributed by atoms with E-state index in [1.54, 1.807) is 0 Å². The standard InChI is InChI=1S/C15H22BrN3/c1-2-17-15-12(16)13(10-6-3-4-7-10)18-14(19-15)11-8-5-9-11/h10-11H,2-9H2,1H3,(H,17,18,19). The van der Waals surface area contributed by atoms with Crippen molar-refractivity contribution in [1.29, 1.82) is 0 Å². The van der Waals surface area contributed by atoms with Crippen LogP contribution in [0.25, 0.3) is 0 Å². The zero-order chi connectivity index (χ0) is 13.2. The van der Waals surface area contributed by atoms with Gasteiger partial charge >= 0.3 is 0 Å². The lowest BCUT2D eigenvalue weighted by molar-refractivity contribution is 0.399. The summed E-state index contributed by atoms with van der Waals surface area (Å²) in [6, 6.07) is 0. The van der Waals surface area contributed by atoms with E-state index < -0.39 is 0 Å². The molecule has 19 heavy (non-hydrogen) atoms. The van der Waals surface area contributed by atoms with Crippen LogP contribution >= 0.6 is 15.9 Å². The lowest BCUT2D eigenvalue weighted by atomic mass is 9.84. The minimum absolute atomic E-state index is 0.602. The summed E-state index contributed by atoms with van der Waals surface area (Å²) in [6.07, 6.45) is 9.11. The second-order valence-corrected chi connectivity index (χ2v) is 6.56. The maximum absolute atomic E-state index is 4.92. The normalized spacial score (nSPS) is 20.5. The minimum Gasteiger partial charge on any atom is -0.369 e. The van der Waals surface area contributed by atoms with Gasteiger partial charge in [0.05, 0.1) is 10.2 Å². The highest BCUT2D eigenvalue weighted by Crippen LogP contribution is 2.41. The van der Waals surface area contributed by atoms with E-state index >= 15 is 0 Å². The smallest absolute Gasteiger partial charge is 0.144 e. The summed E-state index contributed by atoms with van der Waals surface area (Å²) >= 11 is 3.73. The zero-order valence-electron chi connectivity index (χ0n) is 11.6. The van der Waals surface area contributed by atoms with Crippen molar-refractivity contribution in [1.82, 2.24) is 9.97 Å². The molecule has 0 atom stereocenters. The molecule has 4 heteroatoms. The summed E-state index contributed by atoms with van der Waals surface area (Å²) in [4.78, 5) is 9.67. The van der Waals surface area contributed by atoms with Gasteiger partial charge in [-0.05, 0) is 48.5 Å². The van der Waals surface area contributed by atoms with Gasteiger partial charge in [0.25, 0.3) is 0 Å². The summed E-state index contributed by atoms with van der Waals surface area (Å²) in [5, 5.41) is 3.39. The molecule has 1 aromatic rings. The largest absolute Gasteiger partial charge is 0.369 e. The van der Waals surface area contributed by atoms with Crippen LogP contribution in [0, 0.1) is 0 Å². The Labute approximate surface area is 123 Å². The molecule has 0 aromatic carbocycles.